The van der Waals surface area contributed by atoms with E-state index in [4.69, 9.17) is 5.48 Å². The van der Waals surface area contributed by atoms with Crippen molar-refractivity contribution >= 4 is 60.4 Å². The van der Waals surface area contributed by atoms with Crippen molar-refractivity contribution < 1.29 is 9.60 Å². The third kappa shape index (κ3) is 4.41. The summed E-state index contributed by atoms with van der Waals surface area (Å²) >= 11 is 0. The highest BCUT2D eigenvalue weighted by molar-refractivity contribution is 6.08. The second-order valence-electron chi connectivity index (χ2n) is 14.0. The molecule has 10 aromatic rings. The summed E-state index contributed by atoms with van der Waals surface area (Å²) in [4.78, 5) is 2.23. The number of hydrogen-bond donors (Lipinski definition) is 0. The molecule has 0 radical (unpaired) electrons. The van der Waals surface area contributed by atoms with Crippen LogP contribution in [0.2, 0.25) is 0 Å². The van der Waals surface area contributed by atoms with E-state index in [1.54, 1.807) is 0 Å². The Kier molecular flexibility index (Phi) is 5.33. The van der Waals surface area contributed by atoms with Gasteiger partial charge in [-0.3, -0.25) is 0 Å². The fraction of sp³-hybridized carbons (Fsp3) is 0.0385. The van der Waals surface area contributed by atoms with Gasteiger partial charge in [0, 0.05) is 45.9 Å². The van der Waals surface area contributed by atoms with Gasteiger partial charge in [-0.2, -0.15) is 0 Å². The molecular weight excluding hydrogens is 653 g/mol. The normalized spacial score (nSPS) is 16.6. The molecule has 0 bridgehead atoms. The van der Waals surface area contributed by atoms with Crippen molar-refractivity contribution in [2.45, 2.75) is 5.41 Å². The molecule has 0 amide bonds. The number of benzene rings is 9. The molecule has 2 nitrogen and oxygen atoms in total. The van der Waals surface area contributed by atoms with E-state index in [9.17, 15) is 4.11 Å². The highest BCUT2D eigenvalue weighted by atomic mass is 15.1. The molecule has 1 aliphatic rings. The summed E-state index contributed by atoms with van der Waals surface area (Å²) in [5, 5.41) is 4.22. The van der Waals surface area contributed by atoms with Crippen LogP contribution < -0.4 is 4.90 Å². The molecule has 0 N–H and O–H groups in total. The highest BCUT2D eigenvalue weighted by Gasteiger charge is 2.46. The van der Waals surface area contributed by atoms with Crippen LogP contribution in [0.1, 0.15) is 31.8 Å². The molecule has 254 valence electrons. The summed E-state index contributed by atoms with van der Waals surface area (Å²) < 4.78 is 66.5. The number of aromatic nitrogens is 1. The third-order valence-electron chi connectivity index (χ3n) is 11.3. The summed E-state index contributed by atoms with van der Waals surface area (Å²) in [6.45, 7) is 0. The van der Waals surface area contributed by atoms with E-state index >= 15 is 0 Å². The van der Waals surface area contributed by atoms with Gasteiger partial charge in [0.25, 0.3) is 0 Å². The third-order valence-corrected chi connectivity index (χ3v) is 11.3. The lowest BCUT2D eigenvalue weighted by Crippen LogP contribution is -2.28. The van der Waals surface area contributed by atoms with Gasteiger partial charge in [-0.25, -0.2) is 0 Å². The Morgan fingerprint density at radius 2 is 1.17 bits per heavy atom. The average Bonchev–Trinajstić information content (AvgIpc) is 3.75. The van der Waals surface area contributed by atoms with E-state index in [0.29, 0.717) is 0 Å². The summed E-state index contributed by atoms with van der Waals surface area (Å²) in [7, 11) is 2.04. The lowest BCUT2D eigenvalue weighted by atomic mass is 9.67. The van der Waals surface area contributed by atoms with Crippen molar-refractivity contribution in [3.63, 3.8) is 0 Å². The van der Waals surface area contributed by atoms with Crippen LogP contribution in [0.3, 0.4) is 0 Å². The number of nitrogens with zero attached hydrogens (tertiary/aromatic N) is 2. The van der Waals surface area contributed by atoms with Crippen molar-refractivity contribution in [2.75, 3.05) is 4.90 Å². The molecule has 2 heteroatoms. The van der Waals surface area contributed by atoms with Crippen LogP contribution in [0.25, 0.3) is 54.5 Å². The fourth-order valence-corrected chi connectivity index (χ4v) is 8.84. The van der Waals surface area contributed by atoms with E-state index in [-0.39, 0.29) is 34.5 Å². The van der Waals surface area contributed by atoms with E-state index in [1.807, 2.05) is 67.7 Å². The Morgan fingerprint density at radius 1 is 0.463 bits per heavy atom. The van der Waals surface area contributed by atoms with Crippen LogP contribution in [-0.4, -0.2) is 4.57 Å². The lowest BCUT2D eigenvalue weighted by molar-refractivity contribution is 0.770. The van der Waals surface area contributed by atoms with Crippen LogP contribution in [0.4, 0.5) is 17.1 Å². The Bertz CT molecular complexity index is 3490. The molecule has 0 saturated carbocycles. The van der Waals surface area contributed by atoms with Crippen LogP contribution in [-0.2, 0) is 12.5 Å². The molecule has 1 aromatic heterocycles. The van der Waals surface area contributed by atoms with Crippen LogP contribution in [0.5, 0.6) is 0 Å². The number of rotatable bonds is 5. The quantitative estimate of drug-likeness (QED) is 0.174. The Balaban J connectivity index is 1.27. The summed E-state index contributed by atoms with van der Waals surface area (Å²) in [6.07, 6.45) is 0. The van der Waals surface area contributed by atoms with E-state index in [0.717, 1.165) is 77.5 Å². The van der Waals surface area contributed by atoms with Gasteiger partial charge in [-0.05, 0) is 109 Å². The van der Waals surface area contributed by atoms with Gasteiger partial charge in [-0.15, -0.1) is 0 Å². The van der Waals surface area contributed by atoms with Gasteiger partial charge < -0.3 is 9.47 Å². The van der Waals surface area contributed by atoms with Gasteiger partial charge in [0.1, 0.15) is 0 Å². The van der Waals surface area contributed by atoms with Gasteiger partial charge in [0.2, 0.25) is 0 Å². The molecule has 54 heavy (non-hydrogen) atoms. The summed E-state index contributed by atoms with van der Waals surface area (Å²) in [6, 6.07) is 51.3. The van der Waals surface area contributed by atoms with Gasteiger partial charge in [0.15, 0.2) is 0 Å². The van der Waals surface area contributed by atoms with Gasteiger partial charge in [-0.1, -0.05) is 145 Å². The maximum absolute atomic E-state index is 10.0. The van der Waals surface area contributed by atoms with E-state index in [2.05, 4.69) is 107 Å². The van der Waals surface area contributed by atoms with Gasteiger partial charge in [0.05, 0.1) is 15.0 Å². The predicted octanol–water partition coefficient (Wildman–Crippen LogP) is 13.5. The largest absolute Gasteiger partial charge is 0.344 e. The smallest absolute Gasteiger partial charge is 0.0714 e. The second-order valence-corrected chi connectivity index (χ2v) is 14.0. The Morgan fingerprint density at radius 3 is 2.07 bits per heavy atom. The fourth-order valence-electron chi connectivity index (χ4n) is 8.84. The first-order chi connectivity index (χ1) is 29.6. The highest BCUT2D eigenvalue weighted by Crippen LogP contribution is 2.58. The average molecular weight is 696 g/mol. The first-order valence-electron chi connectivity index (χ1n) is 21.7. The second kappa shape index (κ2) is 11.8. The van der Waals surface area contributed by atoms with Gasteiger partial charge >= 0.3 is 0 Å². The number of anilines is 3. The van der Waals surface area contributed by atoms with Crippen molar-refractivity contribution in [3.8, 4) is 11.1 Å². The first-order valence-corrected chi connectivity index (χ1v) is 18.2. The minimum absolute atomic E-state index is 0.0684. The zero-order chi connectivity index (χ0) is 41.9. The molecule has 0 aliphatic heterocycles. The van der Waals surface area contributed by atoms with Crippen molar-refractivity contribution in [1.29, 1.82) is 0 Å². The van der Waals surface area contributed by atoms with Crippen molar-refractivity contribution in [3.05, 3.63) is 222 Å². The molecule has 0 saturated heterocycles. The zero-order valence-electron chi connectivity index (χ0n) is 36.4. The maximum atomic E-state index is 10.0. The number of para-hydroxylation sites is 2. The minimum Gasteiger partial charge on any atom is -0.344 e. The summed E-state index contributed by atoms with van der Waals surface area (Å²) in [5.41, 5.74) is 7.94. The SMILES string of the molecule is [2H]c1c([2H])c([2H])c2c([2H])c(C3(c4ccc5c6ccccc6n(C)c5c4)c4ccccc4-c4cc(N(c5ccccc5)c5ccc6ccccc6c5)ccc43)c([2H])c([2H])c2c1[2H]. The Labute approximate surface area is 324 Å². The zero-order valence-corrected chi connectivity index (χ0v) is 29.4. The Hall–Kier alpha value is -6.90. The molecule has 1 atom stereocenters. The minimum atomic E-state index is -1.34. The first kappa shape index (κ1) is 24.4. The molecule has 1 heterocycles. The number of fused-ring (bicyclic) bond motifs is 8. The number of aryl methyl sites for hydroxylation is 1. The van der Waals surface area contributed by atoms with E-state index < -0.39 is 29.6 Å². The maximum Gasteiger partial charge on any atom is 0.0714 e. The monoisotopic (exact) mass is 695 g/mol. The lowest BCUT2D eigenvalue weighted by Gasteiger charge is -2.34. The molecule has 1 aliphatic carbocycles. The van der Waals surface area contributed by atoms with Crippen LogP contribution in [0, 0.1) is 0 Å². The number of hydrogen-bond acceptors (Lipinski definition) is 1. The molecule has 1 unspecified atom stereocenters. The topological polar surface area (TPSA) is 8.17 Å². The molecule has 11 rings (SSSR count). The molecule has 0 fully saturated rings. The van der Waals surface area contributed by atoms with Crippen molar-refractivity contribution in [2.24, 2.45) is 7.05 Å². The van der Waals surface area contributed by atoms with Crippen molar-refractivity contribution in [1.82, 2.24) is 4.57 Å². The van der Waals surface area contributed by atoms with E-state index in [1.165, 1.54) is 0 Å². The molecule has 9 aromatic carbocycles. The standard InChI is InChI=1S/C52H36N2/c1-53-50-22-12-10-20-45(50)46-29-26-40(33-51(46)53)52(39-25-23-35-13-5-7-15-37(35)31-39)48-21-11-9-19-44(48)47-34-43(28-30-49(47)52)54(41-17-3-2-4-18-41)42-27-24-36-14-6-8-16-38(36)32-42/h2-34H,1H3/i5D,7D,13D,15D,23D,25D,31D. The predicted molar refractivity (Wildman–Crippen MR) is 227 cm³/mol. The molecular formula is C52H36N2. The summed E-state index contributed by atoms with van der Waals surface area (Å²) in [5.74, 6) is 0. The molecule has 0 spiro atoms. The van der Waals surface area contributed by atoms with Crippen LogP contribution in [0.15, 0.2) is 200 Å². The van der Waals surface area contributed by atoms with Crippen LogP contribution >= 0.6 is 0 Å².